The third-order valence-electron chi connectivity index (χ3n) is 6.35. The number of aromatic nitrogens is 2. The van der Waals surface area contributed by atoms with Crippen molar-refractivity contribution >= 4 is 20.3 Å². The van der Waals surface area contributed by atoms with Crippen molar-refractivity contribution < 1.29 is 23.0 Å². The number of hydrogen-bond donors (Lipinski definition) is 1. The molecule has 0 aliphatic carbocycles. The van der Waals surface area contributed by atoms with Crippen molar-refractivity contribution in [3.05, 3.63) is 69.6 Å². The third kappa shape index (κ3) is 7.68. The SMILES string of the molecule is [C-]#[N+]CCOP(OC[C@H]1O[C@@H](n2cc(C)c(NC(=O)c3ccccc3)nc2=O)[C@@H](F)[C@@H]1C)N(C(C)C)C(C)C. The van der Waals surface area contributed by atoms with Crippen molar-refractivity contribution in [2.45, 2.75) is 72.1 Å². The molecule has 1 unspecified atom stereocenters. The quantitative estimate of drug-likeness (QED) is 0.222. The molecule has 1 aromatic carbocycles. The number of amides is 1. The largest absolute Gasteiger partial charge is 0.351 e. The van der Waals surface area contributed by atoms with Gasteiger partial charge in [-0.1, -0.05) is 25.1 Å². The molecule has 0 radical (unpaired) electrons. The van der Waals surface area contributed by atoms with Gasteiger partial charge in [-0.3, -0.25) is 9.36 Å². The lowest BCUT2D eigenvalue weighted by molar-refractivity contribution is -0.0398. The Kier molecular flexibility index (Phi) is 11.1. The number of carbonyl (C=O) groups is 1. The Hall–Kier alpha value is -2.74. The summed E-state index contributed by atoms with van der Waals surface area (Å²) in [7, 11) is -1.51. The van der Waals surface area contributed by atoms with Gasteiger partial charge in [0.05, 0.1) is 12.7 Å². The number of aryl methyl sites for hydroxylation is 1. The van der Waals surface area contributed by atoms with E-state index < -0.39 is 44.5 Å². The second kappa shape index (κ2) is 14.1. The first kappa shape index (κ1) is 30.8. The van der Waals surface area contributed by atoms with E-state index in [0.29, 0.717) is 11.1 Å². The Morgan fingerprint density at radius 3 is 2.54 bits per heavy atom. The molecule has 1 aliphatic heterocycles. The summed E-state index contributed by atoms with van der Waals surface area (Å²) >= 11 is 0. The minimum absolute atomic E-state index is 0.0596. The maximum absolute atomic E-state index is 15.4. The number of ether oxygens (including phenoxy) is 1. The summed E-state index contributed by atoms with van der Waals surface area (Å²) in [5.74, 6) is -0.857. The molecule has 0 bridgehead atoms. The van der Waals surface area contributed by atoms with Crippen LogP contribution < -0.4 is 11.0 Å². The minimum atomic E-state index is -1.51. The van der Waals surface area contributed by atoms with Gasteiger partial charge < -0.3 is 23.9 Å². The van der Waals surface area contributed by atoms with E-state index in [1.54, 1.807) is 44.2 Å². The Balaban J connectivity index is 1.73. The van der Waals surface area contributed by atoms with Crippen LogP contribution in [0.25, 0.3) is 4.85 Å². The Labute approximate surface area is 230 Å². The fraction of sp³-hybridized carbons (Fsp3) is 0.556. The highest BCUT2D eigenvalue weighted by atomic mass is 31.2. The van der Waals surface area contributed by atoms with Gasteiger partial charge in [-0.25, -0.2) is 20.4 Å². The Morgan fingerprint density at radius 2 is 1.92 bits per heavy atom. The summed E-state index contributed by atoms with van der Waals surface area (Å²) in [6.07, 6.45) is -1.86. The first-order valence-electron chi connectivity index (χ1n) is 13.0. The van der Waals surface area contributed by atoms with Crippen LogP contribution in [0.1, 0.15) is 56.8 Å². The van der Waals surface area contributed by atoms with Gasteiger partial charge >= 0.3 is 5.69 Å². The zero-order valence-electron chi connectivity index (χ0n) is 23.2. The molecule has 1 fully saturated rings. The monoisotopic (exact) mass is 561 g/mol. The first-order valence-corrected chi connectivity index (χ1v) is 14.1. The van der Waals surface area contributed by atoms with Gasteiger partial charge in [0.1, 0.15) is 12.4 Å². The number of halogens is 1. The van der Waals surface area contributed by atoms with E-state index in [1.807, 2.05) is 27.7 Å². The summed E-state index contributed by atoms with van der Waals surface area (Å²) < 4.78 is 36.7. The van der Waals surface area contributed by atoms with Gasteiger partial charge in [-0.2, -0.15) is 4.98 Å². The predicted molar refractivity (Wildman–Crippen MR) is 148 cm³/mol. The number of nitrogens with zero attached hydrogens (tertiary/aromatic N) is 4. The molecule has 1 aliphatic rings. The molecule has 39 heavy (non-hydrogen) atoms. The molecule has 10 nitrogen and oxygen atoms in total. The highest BCUT2D eigenvalue weighted by Gasteiger charge is 2.45. The molecule has 1 amide bonds. The molecule has 2 aromatic rings. The molecule has 0 spiro atoms. The van der Waals surface area contributed by atoms with E-state index in [9.17, 15) is 9.59 Å². The Bertz CT molecular complexity index is 1200. The van der Waals surface area contributed by atoms with Crippen LogP contribution >= 0.6 is 8.53 Å². The molecular weight excluding hydrogens is 524 g/mol. The van der Waals surface area contributed by atoms with E-state index in [0.717, 1.165) is 4.57 Å². The van der Waals surface area contributed by atoms with Gasteiger partial charge in [0, 0.05) is 35.3 Å². The maximum atomic E-state index is 15.4. The minimum Gasteiger partial charge on any atom is -0.349 e. The van der Waals surface area contributed by atoms with E-state index >= 15 is 4.39 Å². The van der Waals surface area contributed by atoms with Gasteiger partial charge in [0.2, 0.25) is 6.54 Å². The number of alkyl halides is 1. The molecule has 2 heterocycles. The lowest BCUT2D eigenvalue weighted by Gasteiger charge is -2.35. The first-order chi connectivity index (χ1) is 18.5. The van der Waals surface area contributed by atoms with Crippen LogP contribution in [-0.4, -0.2) is 64.2 Å². The molecule has 212 valence electrons. The second-order valence-corrected chi connectivity index (χ2v) is 11.4. The normalized spacial score (nSPS) is 21.9. The van der Waals surface area contributed by atoms with E-state index in [1.165, 1.54) is 6.20 Å². The average Bonchev–Trinajstić information content (AvgIpc) is 3.17. The van der Waals surface area contributed by atoms with Crippen molar-refractivity contribution in [2.75, 3.05) is 25.1 Å². The topological polar surface area (TPSA) is 99.3 Å². The van der Waals surface area contributed by atoms with Crippen LogP contribution in [0.3, 0.4) is 0 Å². The molecular formula is C27H37FN5O5P. The van der Waals surface area contributed by atoms with Gasteiger partial charge in [-0.05, 0) is 46.8 Å². The molecule has 3 rings (SSSR count). The number of carbonyl (C=O) groups excluding carboxylic acids is 1. The van der Waals surface area contributed by atoms with Crippen LogP contribution in [0.4, 0.5) is 10.2 Å². The predicted octanol–water partition coefficient (Wildman–Crippen LogP) is 4.97. The summed E-state index contributed by atoms with van der Waals surface area (Å²) in [4.78, 5) is 32.7. The standard InChI is InChI=1S/C27H37FN5O5P/c1-17(2)33(18(3)4)39(36-14-13-29-7)37-16-22-20(6)23(28)26(38-22)32-15-19(5)24(31-27(32)35)30-25(34)21-11-9-8-10-12-21/h8-12,15,17-18,20,22-23,26H,13-14,16H2,1-6H3,(H,30,31,34,35)/t20-,22-,23+,26-,39?/m1/s1. The van der Waals surface area contributed by atoms with Gasteiger partial charge in [-0.15, -0.1) is 0 Å². The number of anilines is 1. The fourth-order valence-electron chi connectivity index (χ4n) is 4.34. The highest BCUT2D eigenvalue weighted by molar-refractivity contribution is 7.44. The summed E-state index contributed by atoms with van der Waals surface area (Å²) in [5.41, 5.74) is 0.179. The van der Waals surface area contributed by atoms with Crippen molar-refractivity contribution in [2.24, 2.45) is 5.92 Å². The van der Waals surface area contributed by atoms with Crippen molar-refractivity contribution in [1.29, 1.82) is 0 Å². The van der Waals surface area contributed by atoms with Crippen LogP contribution in [0.2, 0.25) is 0 Å². The van der Waals surface area contributed by atoms with Crippen LogP contribution in [0.15, 0.2) is 41.3 Å². The lowest BCUT2D eigenvalue weighted by atomic mass is 10.0. The number of benzene rings is 1. The van der Waals surface area contributed by atoms with Crippen LogP contribution in [0, 0.1) is 19.4 Å². The summed E-state index contributed by atoms with van der Waals surface area (Å²) in [5, 5.41) is 2.64. The van der Waals surface area contributed by atoms with Crippen LogP contribution in [-0.2, 0) is 13.8 Å². The number of rotatable bonds is 12. The molecule has 5 atom stereocenters. The maximum Gasteiger partial charge on any atom is 0.351 e. The fourth-order valence-corrected chi connectivity index (χ4v) is 5.95. The van der Waals surface area contributed by atoms with Crippen molar-refractivity contribution in [3.63, 3.8) is 0 Å². The molecule has 1 saturated heterocycles. The highest BCUT2D eigenvalue weighted by Crippen LogP contribution is 2.47. The smallest absolute Gasteiger partial charge is 0.349 e. The Morgan fingerprint density at radius 1 is 1.26 bits per heavy atom. The van der Waals surface area contributed by atoms with E-state index in [4.69, 9.17) is 20.4 Å². The molecule has 0 saturated carbocycles. The zero-order chi connectivity index (χ0) is 28.7. The van der Waals surface area contributed by atoms with E-state index in [2.05, 4.69) is 19.8 Å². The lowest BCUT2D eigenvalue weighted by Crippen LogP contribution is -2.35. The molecule has 12 heteroatoms. The summed E-state index contributed by atoms with van der Waals surface area (Å²) in [6.45, 7) is 19.0. The van der Waals surface area contributed by atoms with Gasteiger partial charge in [0.15, 0.2) is 12.4 Å². The summed E-state index contributed by atoms with van der Waals surface area (Å²) in [6, 6.07) is 8.82. The second-order valence-electron chi connectivity index (χ2n) is 9.97. The number of nitrogens with one attached hydrogen (secondary N) is 1. The average molecular weight is 562 g/mol. The zero-order valence-corrected chi connectivity index (χ0v) is 24.1. The molecule has 1 aromatic heterocycles. The number of hydrogen-bond acceptors (Lipinski definition) is 7. The third-order valence-corrected chi connectivity index (χ3v) is 8.43. The molecule has 1 N–H and O–H groups in total. The van der Waals surface area contributed by atoms with Crippen molar-refractivity contribution in [3.8, 4) is 0 Å². The van der Waals surface area contributed by atoms with Crippen LogP contribution in [0.5, 0.6) is 0 Å². The van der Waals surface area contributed by atoms with Crippen molar-refractivity contribution in [1.82, 2.24) is 14.2 Å². The van der Waals surface area contributed by atoms with E-state index in [-0.39, 0.29) is 37.7 Å². The van der Waals surface area contributed by atoms with Gasteiger partial charge in [0.25, 0.3) is 14.4 Å².